The van der Waals surface area contributed by atoms with E-state index in [0.717, 1.165) is 12.1 Å². The summed E-state index contributed by atoms with van der Waals surface area (Å²) in [4.78, 5) is 13.8. The molecule has 0 unspecified atom stereocenters. The van der Waals surface area contributed by atoms with Crippen LogP contribution in [0.25, 0.3) is 0 Å². The van der Waals surface area contributed by atoms with Gasteiger partial charge in [-0.25, -0.2) is 0 Å². The van der Waals surface area contributed by atoms with Gasteiger partial charge in [0, 0.05) is 30.9 Å². The number of benzene rings is 1. The Bertz CT molecular complexity index is 467. The van der Waals surface area contributed by atoms with Gasteiger partial charge in [-0.3, -0.25) is 4.79 Å². The average Bonchev–Trinajstić information content (AvgIpc) is 2.83. The van der Waals surface area contributed by atoms with Crippen LogP contribution in [-0.2, 0) is 11.2 Å². The van der Waals surface area contributed by atoms with Gasteiger partial charge in [-0.05, 0) is 49.4 Å². The Kier molecular flexibility index (Phi) is 3.81. The molecule has 1 amide bonds. The second kappa shape index (κ2) is 5.19. The highest BCUT2D eigenvalue weighted by molar-refractivity contribution is 5.95. The van der Waals surface area contributed by atoms with Gasteiger partial charge in [0.05, 0.1) is 0 Å². The van der Waals surface area contributed by atoms with Gasteiger partial charge >= 0.3 is 0 Å². The van der Waals surface area contributed by atoms with Crippen LogP contribution in [0.3, 0.4) is 0 Å². The zero-order chi connectivity index (χ0) is 11.8. The number of nitrogens with zero attached hydrogens (tertiary/aromatic N) is 1. The molecule has 1 N–H and O–H groups in total. The van der Waals surface area contributed by atoms with Gasteiger partial charge in [0.25, 0.3) is 0 Å². The zero-order valence-corrected chi connectivity index (χ0v) is 11.5. The fraction of sp³-hybridized carbons (Fsp3) is 0.500. The summed E-state index contributed by atoms with van der Waals surface area (Å²) in [7, 11) is 0. The van der Waals surface area contributed by atoms with E-state index in [0.29, 0.717) is 6.42 Å². The number of aryl methyl sites for hydroxylation is 2. The molecule has 1 aromatic carbocycles. The van der Waals surface area contributed by atoms with E-state index in [1.54, 1.807) is 0 Å². The van der Waals surface area contributed by atoms with Crippen LogP contribution in [0.5, 0.6) is 0 Å². The molecule has 1 saturated heterocycles. The third kappa shape index (κ3) is 2.32. The van der Waals surface area contributed by atoms with Crippen molar-refractivity contribution < 1.29 is 4.79 Å². The van der Waals surface area contributed by atoms with Crippen LogP contribution in [0.1, 0.15) is 30.4 Å². The van der Waals surface area contributed by atoms with E-state index < -0.39 is 0 Å². The topological polar surface area (TPSA) is 32.3 Å². The van der Waals surface area contributed by atoms with Crippen molar-refractivity contribution in [1.29, 1.82) is 0 Å². The lowest BCUT2D eigenvalue weighted by molar-refractivity contribution is -0.116. The normalized spacial score (nSPS) is 18.1. The lowest BCUT2D eigenvalue weighted by Crippen LogP contribution is -2.22. The molecule has 18 heavy (non-hydrogen) atoms. The number of halogens is 1. The molecule has 1 fully saturated rings. The molecule has 2 aliphatic heterocycles. The van der Waals surface area contributed by atoms with Crippen LogP contribution in [0, 0.1) is 6.92 Å². The third-order valence-corrected chi connectivity index (χ3v) is 3.76. The number of carbonyl (C=O) groups is 1. The molecule has 98 valence electrons. The predicted octanol–water partition coefficient (Wildman–Crippen LogP) is 2.90. The van der Waals surface area contributed by atoms with Gasteiger partial charge in [-0.1, -0.05) is 0 Å². The van der Waals surface area contributed by atoms with Crippen molar-refractivity contribution in [3.8, 4) is 0 Å². The quantitative estimate of drug-likeness (QED) is 0.848. The minimum absolute atomic E-state index is 0. The third-order valence-electron chi connectivity index (χ3n) is 3.76. The maximum Gasteiger partial charge on any atom is 0.224 e. The van der Waals surface area contributed by atoms with Gasteiger partial charge in [0.15, 0.2) is 0 Å². The fourth-order valence-corrected chi connectivity index (χ4v) is 2.82. The molecular formula is C14H19ClN2O. The van der Waals surface area contributed by atoms with Crippen molar-refractivity contribution in [3.63, 3.8) is 0 Å². The monoisotopic (exact) mass is 266 g/mol. The Balaban J connectivity index is 0.00000120. The number of rotatable bonds is 1. The van der Waals surface area contributed by atoms with Crippen LogP contribution >= 0.6 is 12.4 Å². The number of hydrogen-bond donors (Lipinski definition) is 1. The summed E-state index contributed by atoms with van der Waals surface area (Å²) in [6.45, 7) is 4.43. The van der Waals surface area contributed by atoms with Gasteiger partial charge in [0.2, 0.25) is 5.91 Å². The summed E-state index contributed by atoms with van der Waals surface area (Å²) < 4.78 is 0. The minimum Gasteiger partial charge on any atom is -0.372 e. The smallest absolute Gasteiger partial charge is 0.224 e. The fourth-order valence-electron chi connectivity index (χ4n) is 2.82. The lowest BCUT2D eigenvalue weighted by atomic mass is 9.98. The molecular weight excluding hydrogens is 248 g/mol. The number of nitrogens with one attached hydrogen (secondary N) is 1. The van der Waals surface area contributed by atoms with Crippen LogP contribution in [-0.4, -0.2) is 19.0 Å². The summed E-state index contributed by atoms with van der Waals surface area (Å²) in [5.41, 5.74) is 4.86. The number of fused-ring (bicyclic) bond motifs is 1. The molecule has 1 aromatic rings. The highest BCUT2D eigenvalue weighted by Crippen LogP contribution is 2.32. The first-order valence-corrected chi connectivity index (χ1v) is 6.42. The summed E-state index contributed by atoms with van der Waals surface area (Å²) in [6, 6.07) is 4.46. The van der Waals surface area contributed by atoms with Crippen molar-refractivity contribution in [3.05, 3.63) is 23.3 Å². The van der Waals surface area contributed by atoms with Crippen LogP contribution < -0.4 is 10.2 Å². The van der Waals surface area contributed by atoms with Crippen molar-refractivity contribution in [2.45, 2.75) is 32.6 Å². The highest BCUT2D eigenvalue weighted by atomic mass is 35.5. The van der Waals surface area contributed by atoms with E-state index in [1.807, 2.05) is 0 Å². The molecule has 2 heterocycles. The summed E-state index contributed by atoms with van der Waals surface area (Å²) in [6.07, 6.45) is 4.10. The summed E-state index contributed by atoms with van der Waals surface area (Å²) >= 11 is 0. The van der Waals surface area contributed by atoms with Crippen molar-refractivity contribution >= 4 is 29.7 Å². The van der Waals surface area contributed by atoms with E-state index in [-0.39, 0.29) is 18.3 Å². The van der Waals surface area contributed by atoms with Crippen molar-refractivity contribution in [1.82, 2.24) is 0 Å². The number of hydrogen-bond acceptors (Lipinski definition) is 2. The van der Waals surface area contributed by atoms with E-state index in [9.17, 15) is 4.79 Å². The predicted molar refractivity (Wildman–Crippen MR) is 76.8 cm³/mol. The van der Waals surface area contributed by atoms with Gasteiger partial charge in [-0.2, -0.15) is 0 Å². The van der Waals surface area contributed by atoms with Gasteiger partial charge < -0.3 is 10.2 Å². The molecule has 0 bridgehead atoms. The second-order valence-electron chi connectivity index (χ2n) is 5.04. The molecule has 0 aliphatic carbocycles. The molecule has 2 aliphatic rings. The van der Waals surface area contributed by atoms with E-state index in [2.05, 4.69) is 29.3 Å². The number of amides is 1. The first-order chi connectivity index (χ1) is 8.24. The maximum atomic E-state index is 11.4. The lowest BCUT2D eigenvalue weighted by Gasteiger charge is -2.24. The molecule has 3 nitrogen and oxygen atoms in total. The molecule has 0 aromatic heterocycles. The average molecular weight is 267 g/mol. The largest absolute Gasteiger partial charge is 0.372 e. The van der Waals surface area contributed by atoms with E-state index in [4.69, 9.17) is 0 Å². The number of carbonyl (C=O) groups excluding carboxylic acids is 1. The Morgan fingerprint density at radius 2 is 1.89 bits per heavy atom. The summed E-state index contributed by atoms with van der Waals surface area (Å²) in [5, 5.41) is 2.99. The Hall–Kier alpha value is -1.22. The highest BCUT2D eigenvalue weighted by Gasteiger charge is 2.20. The van der Waals surface area contributed by atoms with Gasteiger partial charge in [0.1, 0.15) is 0 Å². The van der Waals surface area contributed by atoms with Crippen LogP contribution in [0.15, 0.2) is 12.1 Å². The first kappa shape index (κ1) is 13.2. The Morgan fingerprint density at radius 1 is 1.17 bits per heavy atom. The molecule has 0 spiro atoms. The molecule has 0 saturated carbocycles. The molecule has 0 radical (unpaired) electrons. The van der Waals surface area contributed by atoms with Crippen LogP contribution in [0.4, 0.5) is 11.4 Å². The Labute approximate surface area is 114 Å². The minimum atomic E-state index is 0. The zero-order valence-electron chi connectivity index (χ0n) is 10.7. The molecule has 0 atom stereocenters. The first-order valence-electron chi connectivity index (χ1n) is 6.42. The van der Waals surface area contributed by atoms with Crippen LogP contribution in [0.2, 0.25) is 0 Å². The standard InChI is InChI=1S/C14H18N2O.ClH/c1-10-8-12(16-6-2-3-7-16)9-11-4-5-13(17)15-14(10)11;/h8-9H,2-7H2,1H3,(H,15,17);1H. The number of anilines is 2. The summed E-state index contributed by atoms with van der Waals surface area (Å²) in [5.74, 6) is 0.148. The SMILES string of the molecule is Cc1cc(N2CCCC2)cc2c1NC(=O)CC2.Cl. The van der Waals surface area contributed by atoms with Crippen molar-refractivity contribution in [2.24, 2.45) is 0 Å². The molecule has 3 rings (SSSR count). The molecule has 4 heteroatoms. The van der Waals surface area contributed by atoms with E-state index in [1.165, 1.54) is 42.7 Å². The van der Waals surface area contributed by atoms with Gasteiger partial charge in [-0.15, -0.1) is 12.4 Å². The maximum absolute atomic E-state index is 11.4. The Morgan fingerprint density at radius 3 is 2.61 bits per heavy atom. The second-order valence-corrected chi connectivity index (χ2v) is 5.04. The van der Waals surface area contributed by atoms with Crippen molar-refractivity contribution in [2.75, 3.05) is 23.3 Å². The van der Waals surface area contributed by atoms with E-state index >= 15 is 0 Å².